The topological polar surface area (TPSA) is 66.9 Å². The van der Waals surface area contributed by atoms with Crippen LogP contribution in [0.1, 0.15) is 35.3 Å². The number of methoxy groups -OCH3 is 1. The second-order valence-electron chi connectivity index (χ2n) is 7.82. The van der Waals surface area contributed by atoms with Crippen LogP contribution in [0.3, 0.4) is 0 Å². The van der Waals surface area contributed by atoms with Crippen molar-refractivity contribution in [3.8, 4) is 5.75 Å². The van der Waals surface area contributed by atoms with Gasteiger partial charge in [-0.3, -0.25) is 9.10 Å². The molecule has 180 valence electrons. The van der Waals surface area contributed by atoms with E-state index in [0.717, 1.165) is 11.1 Å². The van der Waals surface area contributed by atoms with Gasteiger partial charge in [-0.25, -0.2) is 8.42 Å². The predicted octanol–water partition coefficient (Wildman–Crippen LogP) is 5.64. The molecular formula is C26H29BrN2O4S. The number of aryl methyl sites for hydroxylation is 1. The maximum Gasteiger partial charge on any atom is 0.264 e. The number of benzene rings is 3. The van der Waals surface area contributed by atoms with Crippen molar-refractivity contribution < 1.29 is 17.9 Å². The van der Waals surface area contributed by atoms with Crippen LogP contribution in [0.2, 0.25) is 0 Å². The number of nitrogens with zero attached hydrogens (tertiary/aromatic N) is 2. The van der Waals surface area contributed by atoms with Crippen LogP contribution in [0, 0.1) is 6.92 Å². The summed E-state index contributed by atoms with van der Waals surface area (Å²) in [5.41, 5.74) is 2.94. The fraction of sp³-hybridized carbons (Fsp3) is 0.269. The van der Waals surface area contributed by atoms with Crippen LogP contribution in [0.15, 0.2) is 76.1 Å². The van der Waals surface area contributed by atoms with Crippen LogP contribution in [-0.2, 0) is 16.6 Å². The zero-order valence-electron chi connectivity index (χ0n) is 19.8. The molecule has 0 unspecified atom stereocenters. The van der Waals surface area contributed by atoms with Gasteiger partial charge in [0.2, 0.25) is 0 Å². The minimum absolute atomic E-state index is 0.0392. The van der Waals surface area contributed by atoms with Crippen LogP contribution >= 0.6 is 15.9 Å². The first-order valence-electron chi connectivity index (χ1n) is 11.0. The van der Waals surface area contributed by atoms with Crippen molar-refractivity contribution in [3.63, 3.8) is 0 Å². The van der Waals surface area contributed by atoms with Gasteiger partial charge in [-0.2, -0.15) is 0 Å². The Morgan fingerprint density at radius 3 is 2.09 bits per heavy atom. The minimum atomic E-state index is -3.89. The predicted molar refractivity (Wildman–Crippen MR) is 139 cm³/mol. The Labute approximate surface area is 210 Å². The van der Waals surface area contributed by atoms with Crippen LogP contribution in [0.5, 0.6) is 5.75 Å². The summed E-state index contributed by atoms with van der Waals surface area (Å²) in [6.45, 7) is 7.22. The second kappa shape index (κ2) is 11.1. The Morgan fingerprint density at radius 2 is 1.56 bits per heavy atom. The van der Waals surface area contributed by atoms with E-state index in [1.165, 1.54) is 17.5 Å². The highest BCUT2D eigenvalue weighted by Gasteiger charge is 2.26. The second-order valence-corrected chi connectivity index (χ2v) is 10.5. The number of carbonyl (C=O) groups is 1. The van der Waals surface area contributed by atoms with E-state index in [4.69, 9.17) is 4.74 Å². The van der Waals surface area contributed by atoms with Crippen molar-refractivity contribution in [1.82, 2.24) is 4.90 Å². The first-order chi connectivity index (χ1) is 16.2. The molecule has 0 saturated carbocycles. The molecule has 0 fully saturated rings. The minimum Gasteiger partial charge on any atom is -0.496 e. The fourth-order valence-corrected chi connectivity index (χ4v) is 5.74. The van der Waals surface area contributed by atoms with Crippen molar-refractivity contribution in [2.24, 2.45) is 0 Å². The molecule has 3 aromatic carbocycles. The summed E-state index contributed by atoms with van der Waals surface area (Å²) in [4.78, 5) is 14.5. The van der Waals surface area contributed by atoms with Crippen molar-refractivity contribution >= 4 is 37.5 Å². The molecule has 3 rings (SSSR count). The summed E-state index contributed by atoms with van der Waals surface area (Å²) in [5, 5.41) is 0. The first-order valence-corrected chi connectivity index (χ1v) is 13.3. The van der Waals surface area contributed by atoms with Gasteiger partial charge in [-0.15, -0.1) is 0 Å². The van der Waals surface area contributed by atoms with Crippen LogP contribution < -0.4 is 9.04 Å². The molecule has 0 aliphatic heterocycles. The third-order valence-electron chi connectivity index (χ3n) is 5.61. The summed E-state index contributed by atoms with van der Waals surface area (Å²) < 4.78 is 34.6. The highest BCUT2D eigenvalue weighted by Crippen LogP contribution is 2.31. The Hall–Kier alpha value is -2.84. The Morgan fingerprint density at radius 1 is 0.941 bits per heavy atom. The molecule has 0 aromatic heterocycles. The van der Waals surface area contributed by atoms with Gasteiger partial charge in [0, 0.05) is 18.7 Å². The number of ether oxygens (including phenoxy) is 1. The Balaban J connectivity index is 1.98. The molecule has 0 N–H and O–H groups in total. The zero-order chi connectivity index (χ0) is 24.9. The van der Waals surface area contributed by atoms with Gasteiger partial charge in [-0.05, 0) is 84.7 Å². The summed E-state index contributed by atoms with van der Waals surface area (Å²) in [7, 11) is -2.36. The van der Waals surface area contributed by atoms with Crippen LogP contribution in [0.4, 0.5) is 5.69 Å². The average Bonchev–Trinajstić information content (AvgIpc) is 2.84. The van der Waals surface area contributed by atoms with E-state index in [1.807, 2.05) is 32.9 Å². The Bertz CT molecular complexity index is 1240. The Kier molecular flexibility index (Phi) is 8.38. The smallest absolute Gasteiger partial charge is 0.264 e. The standard InChI is InChI=1S/C26H29BrN2O4S/c1-5-28(6-2)26(30)21-11-9-20(10-12-21)18-29(22-13-7-19(3)8-14-22)34(31,32)23-15-16-25(33-4)24(27)17-23/h7-17H,5-6,18H2,1-4H3. The van der Waals surface area contributed by atoms with Crippen molar-refractivity contribution in [2.75, 3.05) is 24.5 Å². The molecule has 8 heteroatoms. The molecule has 3 aromatic rings. The van der Waals surface area contributed by atoms with Gasteiger partial charge in [0.25, 0.3) is 15.9 Å². The van der Waals surface area contributed by atoms with Crippen molar-refractivity contribution in [1.29, 1.82) is 0 Å². The third-order valence-corrected chi connectivity index (χ3v) is 8.00. The van der Waals surface area contributed by atoms with Gasteiger partial charge in [-0.1, -0.05) is 29.8 Å². The normalized spacial score (nSPS) is 11.2. The van der Waals surface area contributed by atoms with Gasteiger partial charge in [0.1, 0.15) is 5.75 Å². The summed E-state index contributed by atoms with van der Waals surface area (Å²) >= 11 is 3.38. The summed E-state index contributed by atoms with van der Waals surface area (Å²) in [6, 6.07) is 19.2. The molecule has 0 saturated heterocycles. The number of amides is 1. The lowest BCUT2D eigenvalue weighted by Crippen LogP contribution is -2.31. The third kappa shape index (κ3) is 5.62. The number of carbonyl (C=O) groups excluding carboxylic acids is 1. The molecule has 1 amide bonds. The van der Waals surface area contributed by atoms with E-state index in [1.54, 1.807) is 53.4 Å². The molecule has 6 nitrogen and oxygen atoms in total. The van der Waals surface area contributed by atoms with E-state index in [0.29, 0.717) is 34.6 Å². The summed E-state index contributed by atoms with van der Waals surface area (Å²) in [6.07, 6.45) is 0. The molecule has 34 heavy (non-hydrogen) atoms. The number of rotatable bonds is 9. The molecule has 0 aliphatic carbocycles. The lowest BCUT2D eigenvalue weighted by molar-refractivity contribution is 0.0773. The number of sulfonamides is 1. The highest BCUT2D eigenvalue weighted by molar-refractivity contribution is 9.10. The van der Waals surface area contributed by atoms with Crippen molar-refractivity contribution in [2.45, 2.75) is 32.2 Å². The van der Waals surface area contributed by atoms with E-state index in [2.05, 4.69) is 15.9 Å². The molecular weight excluding hydrogens is 516 g/mol. The molecule has 0 bridgehead atoms. The maximum absolute atomic E-state index is 13.7. The van der Waals surface area contributed by atoms with Gasteiger partial charge in [0.05, 0.1) is 28.7 Å². The van der Waals surface area contributed by atoms with Crippen LogP contribution in [0.25, 0.3) is 0 Å². The molecule has 0 atom stereocenters. The van der Waals surface area contributed by atoms with E-state index >= 15 is 0 Å². The lowest BCUT2D eigenvalue weighted by atomic mass is 10.1. The van der Waals surface area contributed by atoms with Gasteiger partial charge in [0.15, 0.2) is 0 Å². The lowest BCUT2D eigenvalue weighted by Gasteiger charge is -2.25. The molecule has 0 aliphatic rings. The summed E-state index contributed by atoms with van der Waals surface area (Å²) in [5.74, 6) is 0.511. The number of hydrogen-bond donors (Lipinski definition) is 0. The molecule has 0 heterocycles. The van der Waals surface area contributed by atoms with E-state index in [-0.39, 0.29) is 17.3 Å². The van der Waals surface area contributed by atoms with Gasteiger partial charge < -0.3 is 9.64 Å². The largest absolute Gasteiger partial charge is 0.496 e. The number of anilines is 1. The first kappa shape index (κ1) is 25.8. The number of halogens is 1. The fourth-order valence-electron chi connectivity index (χ4n) is 3.57. The van der Waals surface area contributed by atoms with Crippen molar-refractivity contribution in [3.05, 3.63) is 87.9 Å². The molecule has 0 radical (unpaired) electrons. The monoisotopic (exact) mass is 544 g/mol. The SMILES string of the molecule is CCN(CC)C(=O)c1ccc(CN(c2ccc(C)cc2)S(=O)(=O)c2ccc(OC)c(Br)c2)cc1. The maximum atomic E-state index is 13.7. The highest BCUT2D eigenvalue weighted by atomic mass is 79.9. The van der Waals surface area contributed by atoms with Crippen LogP contribution in [-0.4, -0.2) is 39.4 Å². The molecule has 0 spiro atoms. The number of hydrogen-bond acceptors (Lipinski definition) is 4. The van der Waals surface area contributed by atoms with E-state index < -0.39 is 10.0 Å². The average molecular weight is 545 g/mol. The van der Waals surface area contributed by atoms with E-state index in [9.17, 15) is 13.2 Å². The van der Waals surface area contributed by atoms with Gasteiger partial charge >= 0.3 is 0 Å². The zero-order valence-corrected chi connectivity index (χ0v) is 22.2. The quantitative estimate of drug-likeness (QED) is 0.349.